The van der Waals surface area contributed by atoms with Crippen LogP contribution in [0, 0.1) is 0 Å². The number of carbonyl (C=O) groups is 8. The van der Waals surface area contributed by atoms with Crippen molar-refractivity contribution in [2.24, 2.45) is 0 Å². The lowest BCUT2D eigenvalue weighted by molar-refractivity contribution is -0.273. The van der Waals surface area contributed by atoms with Crippen molar-refractivity contribution >= 4 is 55.4 Å². The van der Waals surface area contributed by atoms with Gasteiger partial charge in [-0.3, -0.25) is 42.9 Å². The van der Waals surface area contributed by atoms with Crippen LogP contribution in [0.15, 0.2) is 0 Å². The summed E-state index contributed by atoms with van der Waals surface area (Å²) in [6.07, 6.45) is 58.2. The van der Waals surface area contributed by atoms with E-state index in [2.05, 4.69) is 71.3 Å². The first-order chi connectivity index (χ1) is 63.3. The van der Waals surface area contributed by atoms with Crippen molar-refractivity contribution in [3.05, 3.63) is 0 Å². The molecule has 0 aromatic rings. The number of phosphoric acid groups is 1. The Balaban J connectivity index is 4.15. The number of amides is 3. The number of rotatable bonds is 97. The lowest BCUT2D eigenvalue weighted by atomic mass is 9.95. The minimum atomic E-state index is -5.60. The number of ether oxygens (including phenoxy) is 8. The van der Waals surface area contributed by atoms with E-state index >= 15 is 9.59 Å². The van der Waals surface area contributed by atoms with Gasteiger partial charge in [0.15, 0.2) is 12.4 Å². The summed E-state index contributed by atoms with van der Waals surface area (Å²) in [5, 5.41) is 8.83. The van der Waals surface area contributed by atoms with E-state index in [1.54, 1.807) is 0 Å². The number of carbonyl (C=O) groups excluding carboxylic acids is 8. The number of hydrogen-bond acceptors (Lipinski definition) is 18. The van der Waals surface area contributed by atoms with Gasteiger partial charge in [-0.2, -0.15) is 0 Å². The van der Waals surface area contributed by atoms with Gasteiger partial charge >= 0.3 is 37.7 Å². The first-order valence-corrected chi connectivity index (χ1v) is 56.2. The molecule has 1 heterocycles. The number of esters is 5. The van der Waals surface area contributed by atoms with Crippen LogP contribution in [0.2, 0.25) is 0 Å². The fourth-order valence-corrected chi connectivity index (χ4v) is 18.0. The molecule has 1 aliphatic heterocycles. The molecular weight excluding hydrogens is 1670 g/mol. The maximum absolute atomic E-state index is 15.3. The van der Waals surface area contributed by atoms with Crippen LogP contribution in [0.5, 0.6) is 0 Å². The van der Waals surface area contributed by atoms with Gasteiger partial charge in [-0.25, -0.2) is 4.57 Å². The second-order valence-corrected chi connectivity index (χ2v) is 39.2. The summed E-state index contributed by atoms with van der Waals surface area (Å²) in [4.78, 5) is 135. The lowest BCUT2D eigenvalue weighted by Crippen LogP contribution is -2.66. The molecular formula is C106H200N3O20P. The van der Waals surface area contributed by atoms with Crippen molar-refractivity contribution < 1.29 is 95.1 Å². The SMILES string of the molecule is CCCCCCCCCCC[C@H](CC(=O)NCCOC[C@H]1O[C@H](OCCNC(=O)C[C@@H](CCCCCCCCCCC)OC(=O)CCCCCCCCC)[C@@H](NC(=O)C[C@@H](CCCCCCCCCCC)OC(=O)CCCCCCCCC)[C@@H](OC(=O)C[C@@H](CCCCCCCCCCC)OC(=O)CCCCCCCCC)[C@@H]1OP(=O)(O)O)OC(=O)CCCCCCCCC. The molecule has 130 heavy (non-hydrogen) atoms. The van der Waals surface area contributed by atoms with Gasteiger partial charge in [0.2, 0.25) is 17.7 Å². The molecule has 23 nitrogen and oxygen atoms in total. The van der Waals surface area contributed by atoms with E-state index in [0.29, 0.717) is 64.2 Å². The van der Waals surface area contributed by atoms with Gasteiger partial charge in [-0.05, 0) is 77.0 Å². The first-order valence-electron chi connectivity index (χ1n) is 54.6. The molecule has 5 N–H and O–H groups in total. The lowest BCUT2D eigenvalue weighted by Gasteiger charge is -2.45. The standard InChI is InChI=1S/C106H200N3O20P/c1-9-17-25-33-41-45-53-57-65-73-90(123-98(113)77-69-61-49-37-29-21-13-5)85-95(110)107-81-83-121-89-94-104(129-130(118,119)120)105(128-102(117)88-93(76-68-60-56-48-44-36-28-20-12-4)126-101(116)80-72-64-52-40-32-24-16-8)103(109-97(112)87-92(75-67-59-55-47-43-35-27-19-11-3)125-100(115)79-71-63-51-39-31-23-15-7)106(127-94)122-84-82-108-96(111)86-91(74-66-58-54-46-42-34-26-18-10-2)124-99(114)78-70-62-50-38-30-22-14-6/h90-94,103-106H,9-89H2,1-8H3,(H,107,110)(H,108,111)(H,109,112)(H2,118,119,120)/t90-,91-,92-,93-,94-,103+,104-,105-,106+/m1/s1. The summed E-state index contributed by atoms with van der Waals surface area (Å²) in [5.74, 6) is -3.97. The highest BCUT2D eigenvalue weighted by Gasteiger charge is 2.53. The summed E-state index contributed by atoms with van der Waals surface area (Å²) in [6, 6.07) is -1.63. The van der Waals surface area contributed by atoms with Gasteiger partial charge in [0.05, 0.1) is 45.5 Å². The molecule has 0 bridgehead atoms. The normalized spacial score (nSPS) is 16.1. The smallest absolute Gasteiger partial charge is 0.462 e. The Bertz CT molecular complexity index is 2730. The molecule has 9 atom stereocenters. The minimum Gasteiger partial charge on any atom is -0.462 e. The average Bonchev–Trinajstić information content (AvgIpc) is 0.777. The fourth-order valence-electron chi connectivity index (χ4n) is 17.4. The summed E-state index contributed by atoms with van der Waals surface area (Å²) < 4.78 is 70.0. The Morgan fingerprint density at radius 2 is 0.546 bits per heavy atom. The predicted octanol–water partition coefficient (Wildman–Crippen LogP) is 27.3. The maximum Gasteiger partial charge on any atom is 0.470 e. The number of nitrogens with one attached hydrogen (secondary N) is 3. The van der Waals surface area contributed by atoms with Crippen LogP contribution in [0.3, 0.4) is 0 Å². The molecule has 1 aliphatic rings. The number of phosphoric ester groups is 1. The second-order valence-electron chi connectivity index (χ2n) is 38.0. The van der Waals surface area contributed by atoms with Crippen molar-refractivity contribution in [2.45, 2.75) is 598 Å². The molecule has 0 spiro atoms. The molecule has 0 aliphatic carbocycles. The first kappa shape index (κ1) is 124. The molecule has 0 unspecified atom stereocenters. The monoisotopic (exact) mass is 1870 g/mol. The Morgan fingerprint density at radius 1 is 0.300 bits per heavy atom. The van der Waals surface area contributed by atoms with Crippen LogP contribution in [0.25, 0.3) is 0 Å². The van der Waals surface area contributed by atoms with Gasteiger partial charge in [0, 0.05) is 38.8 Å². The van der Waals surface area contributed by atoms with Crippen LogP contribution in [0.1, 0.15) is 543 Å². The van der Waals surface area contributed by atoms with Crippen LogP contribution in [0.4, 0.5) is 0 Å². The van der Waals surface area contributed by atoms with E-state index in [4.69, 9.17) is 42.4 Å². The number of hydrogen-bond donors (Lipinski definition) is 5. The minimum absolute atomic E-state index is 0.0523. The van der Waals surface area contributed by atoms with Crippen LogP contribution in [-0.4, -0.2) is 145 Å². The Kier molecular flexibility index (Phi) is 85.6. The third-order valence-electron chi connectivity index (χ3n) is 25.3. The Hall–Kier alpha value is -4.25. The van der Waals surface area contributed by atoms with E-state index in [1.807, 2.05) is 0 Å². The quantitative estimate of drug-likeness (QED) is 0.0163. The van der Waals surface area contributed by atoms with E-state index in [1.165, 1.54) is 116 Å². The zero-order valence-electron chi connectivity index (χ0n) is 84.7. The Labute approximate surface area is 793 Å². The molecule has 1 rings (SSSR count). The number of unbranched alkanes of at least 4 members (excludes halogenated alkanes) is 56. The third kappa shape index (κ3) is 76.9. The molecule has 0 aromatic heterocycles. The summed E-state index contributed by atoms with van der Waals surface area (Å²) in [6.45, 7) is 16.4. The second kappa shape index (κ2) is 89.9. The average molecular weight is 1870 g/mol. The van der Waals surface area contributed by atoms with Gasteiger partial charge in [-0.1, -0.05) is 415 Å². The van der Waals surface area contributed by atoms with Crippen LogP contribution >= 0.6 is 7.82 Å². The molecule has 764 valence electrons. The molecule has 3 amide bonds. The molecule has 0 saturated carbocycles. The topological polar surface area (TPSA) is 313 Å². The van der Waals surface area contributed by atoms with Gasteiger partial charge in [-0.15, -0.1) is 0 Å². The van der Waals surface area contributed by atoms with E-state index in [0.717, 1.165) is 257 Å². The molecule has 1 fully saturated rings. The molecule has 1 saturated heterocycles. The summed E-state index contributed by atoms with van der Waals surface area (Å²) in [5.41, 5.74) is 0. The largest absolute Gasteiger partial charge is 0.470 e. The molecule has 24 heteroatoms. The van der Waals surface area contributed by atoms with Crippen LogP contribution < -0.4 is 16.0 Å². The van der Waals surface area contributed by atoms with E-state index < -0.39 is 106 Å². The zero-order valence-corrected chi connectivity index (χ0v) is 85.6. The third-order valence-corrected chi connectivity index (χ3v) is 25.9. The fraction of sp³-hybridized carbons (Fsp3) is 0.925. The summed E-state index contributed by atoms with van der Waals surface area (Å²) in [7, 11) is -5.60. The summed E-state index contributed by atoms with van der Waals surface area (Å²) >= 11 is 0. The zero-order chi connectivity index (χ0) is 95.1. The maximum atomic E-state index is 15.3. The van der Waals surface area contributed by atoms with Gasteiger partial charge in [0.25, 0.3) is 0 Å². The highest BCUT2D eigenvalue weighted by atomic mass is 31.2. The van der Waals surface area contributed by atoms with E-state index in [-0.39, 0.29) is 89.1 Å². The Morgan fingerprint density at radius 3 is 0.823 bits per heavy atom. The van der Waals surface area contributed by atoms with E-state index in [9.17, 15) is 43.1 Å². The van der Waals surface area contributed by atoms with Crippen molar-refractivity contribution in [1.29, 1.82) is 0 Å². The highest BCUT2D eigenvalue weighted by molar-refractivity contribution is 7.46. The highest BCUT2D eigenvalue weighted by Crippen LogP contribution is 2.43. The van der Waals surface area contributed by atoms with Crippen LogP contribution in [-0.2, 0) is 85.3 Å². The van der Waals surface area contributed by atoms with Crippen molar-refractivity contribution in [2.75, 3.05) is 32.9 Å². The molecule has 0 radical (unpaired) electrons. The molecule has 0 aromatic carbocycles. The van der Waals surface area contributed by atoms with Gasteiger partial charge in [0.1, 0.15) is 42.7 Å². The van der Waals surface area contributed by atoms with Crippen molar-refractivity contribution in [1.82, 2.24) is 16.0 Å². The predicted molar refractivity (Wildman–Crippen MR) is 526 cm³/mol. The van der Waals surface area contributed by atoms with Crippen molar-refractivity contribution in [3.8, 4) is 0 Å². The van der Waals surface area contributed by atoms with Gasteiger partial charge < -0.3 is 63.6 Å². The van der Waals surface area contributed by atoms with Crippen molar-refractivity contribution in [3.63, 3.8) is 0 Å².